The number of fused-ring (bicyclic) bond motifs is 1. The molecule has 4 rings (SSSR count). The molecular formula is C18H24N2O5S. The zero-order chi connectivity index (χ0) is 18.5. The smallest absolute Gasteiger partial charge is 0.243 e. The van der Waals surface area contributed by atoms with Gasteiger partial charge in [-0.05, 0) is 45.2 Å². The molecule has 2 fully saturated rings. The van der Waals surface area contributed by atoms with Gasteiger partial charge in [-0.2, -0.15) is 4.31 Å². The highest BCUT2D eigenvalue weighted by Crippen LogP contribution is 2.43. The molecule has 3 aliphatic heterocycles. The summed E-state index contributed by atoms with van der Waals surface area (Å²) in [6.07, 6.45) is 1.99. The van der Waals surface area contributed by atoms with Crippen molar-refractivity contribution >= 4 is 15.9 Å². The van der Waals surface area contributed by atoms with Gasteiger partial charge >= 0.3 is 0 Å². The third-order valence-electron chi connectivity index (χ3n) is 5.83. The van der Waals surface area contributed by atoms with Crippen molar-refractivity contribution in [1.82, 2.24) is 9.21 Å². The molecule has 0 bridgehead atoms. The van der Waals surface area contributed by atoms with Gasteiger partial charge in [0.1, 0.15) is 0 Å². The number of amides is 1. The van der Waals surface area contributed by atoms with Crippen molar-refractivity contribution in [3.05, 3.63) is 18.2 Å². The fraction of sp³-hybridized carbons (Fsp3) is 0.611. The van der Waals surface area contributed by atoms with Crippen LogP contribution >= 0.6 is 0 Å². The molecule has 0 unspecified atom stereocenters. The van der Waals surface area contributed by atoms with E-state index in [1.165, 1.54) is 10.4 Å². The van der Waals surface area contributed by atoms with E-state index in [9.17, 15) is 13.2 Å². The van der Waals surface area contributed by atoms with Crippen molar-refractivity contribution in [3.63, 3.8) is 0 Å². The van der Waals surface area contributed by atoms with Crippen LogP contribution in [0.25, 0.3) is 0 Å². The van der Waals surface area contributed by atoms with Gasteiger partial charge in [-0.1, -0.05) is 0 Å². The normalized spacial score (nSPS) is 22.6. The lowest BCUT2D eigenvalue weighted by Gasteiger charge is -2.37. The summed E-state index contributed by atoms with van der Waals surface area (Å²) in [4.78, 5) is 14.9. The summed E-state index contributed by atoms with van der Waals surface area (Å²) in [5.41, 5.74) is -0.384. The van der Waals surface area contributed by atoms with Crippen LogP contribution < -0.4 is 9.47 Å². The summed E-state index contributed by atoms with van der Waals surface area (Å²) < 4.78 is 38.0. The fourth-order valence-electron chi connectivity index (χ4n) is 4.15. The molecule has 0 radical (unpaired) electrons. The highest BCUT2D eigenvalue weighted by Gasteiger charge is 2.50. The van der Waals surface area contributed by atoms with E-state index in [1.807, 2.05) is 18.7 Å². The lowest BCUT2D eigenvalue weighted by molar-refractivity contribution is -0.139. The summed E-state index contributed by atoms with van der Waals surface area (Å²) in [7, 11) is -3.60. The van der Waals surface area contributed by atoms with E-state index >= 15 is 0 Å². The van der Waals surface area contributed by atoms with Crippen LogP contribution in [-0.4, -0.2) is 56.0 Å². The molecule has 7 nitrogen and oxygen atoms in total. The maximum atomic E-state index is 13.0. The number of rotatable bonds is 3. The van der Waals surface area contributed by atoms with Crippen molar-refractivity contribution in [1.29, 1.82) is 0 Å². The summed E-state index contributed by atoms with van der Waals surface area (Å²) in [6, 6.07) is 4.89. The monoisotopic (exact) mass is 380 g/mol. The molecular weight excluding hydrogens is 356 g/mol. The minimum absolute atomic E-state index is 0.111. The molecule has 1 aromatic carbocycles. The van der Waals surface area contributed by atoms with Gasteiger partial charge in [0.2, 0.25) is 22.7 Å². The molecule has 0 aliphatic carbocycles. The van der Waals surface area contributed by atoms with Gasteiger partial charge < -0.3 is 14.4 Å². The average Bonchev–Trinajstić information content (AvgIpc) is 3.20. The molecule has 0 N–H and O–H groups in total. The Morgan fingerprint density at radius 1 is 1.04 bits per heavy atom. The Morgan fingerprint density at radius 3 is 2.35 bits per heavy atom. The van der Waals surface area contributed by atoms with E-state index in [1.54, 1.807) is 12.1 Å². The van der Waals surface area contributed by atoms with Crippen LogP contribution in [0.3, 0.4) is 0 Å². The number of carbonyl (C=O) groups is 1. The van der Waals surface area contributed by atoms with E-state index in [-0.39, 0.29) is 29.1 Å². The molecule has 0 aromatic heterocycles. The zero-order valence-electron chi connectivity index (χ0n) is 15.1. The molecule has 1 spiro atoms. The van der Waals surface area contributed by atoms with Gasteiger partial charge in [0.15, 0.2) is 11.5 Å². The number of carbonyl (C=O) groups excluding carboxylic acids is 1. The number of likely N-dealkylation sites (tertiary alicyclic amines) is 1. The SMILES string of the molecule is CC(C)N1CCC2(CCN(S(=O)(=O)c3ccc4c(c3)OCO4)CC2)C1=O. The highest BCUT2D eigenvalue weighted by molar-refractivity contribution is 7.89. The Labute approximate surface area is 153 Å². The Kier molecular flexibility index (Phi) is 4.15. The third-order valence-corrected chi connectivity index (χ3v) is 7.73. The number of piperidine rings is 1. The molecule has 0 saturated carbocycles. The van der Waals surface area contributed by atoms with E-state index in [0.29, 0.717) is 37.4 Å². The second kappa shape index (κ2) is 6.13. The van der Waals surface area contributed by atoms with E-state index in [2.05, 4.69) is 0 Å². The van der Waals surface area contributed by atoms with Crippen LogP contribution in [0.2, 0.25) is 0 Å². The number of sulfonamides is 1. The molecule has 8 heteroatoms. The quantitative estimate of drug-likeness (QED) is 0.800. The summed E-state index contributed by atoms with van der Waals surface area (Å²) >= 11 is 0. The van der Waals surface area contributed by atoms with Crippen molar-refractivity contribution in [3.8, 4) is 11.5 Å². The fourth-order valence-corrected chi connectivity index (χ4v) is 5.60. The number of hydrogen-bond acceptors (Lipinski definition) is 5. The Hall–Kier alpha value is -1.80. The Balaban J connectivity index is 1.50. The first kappa shape index (κ1) is 17.6. The van der Waals surface area contributed by atoms with Crippen molar-refractivity contribution < 1.29 is 22.7 Å². The summed E-state index contributed by atoms with van der Waals surface area (Å²) in [5, 5.41) is 0. The largest absolute Gasteiger partial charge is 0.454 e. The van der Waals surface area contributed by atoms with Crippen molar-refractivity contribution in [2.75, 3.05) is 26.4 Å². The van der Waals surface area contributed by atoms with E-state index < -0.39 is 10.0 Å². The van der Waals surface area contributed by atoms with Crippen LogP contribution in [0.1, 0.15) is 33.1 Å². The number of hydrogen-bond donors (Lipinski definition) is 0. The maximum Gasteiger partial charge on any atom is 0.243 e. The van der Waals surface area contributed by atoms with Crippen molar-refractivity contribution in [2.24, 2.45) is 5.41 Å². The first-order valence-electron chi connectivity index (χ1n) is 9.04. The predicted octanol–water partition coefficient (Wildman–Crippen LogP) is 1.83. The van der Waals surface area contributed by atoms with Crippen LogP contribution in [0.4, 0.5) is 0 Å². The van der Waals surface area contributed by atoms with Gasteiger partial charge in [0.25, 0.3) is 0 Å². The van der Waals surface area contributed by atoms with Crippen LogP contribution in [-0.2, 0) is 14.8 Å². The summed E-state index contributed by atoms with van der Waals surface area (Å²) in [6.45, 7) is 5.67. The van der Waals surface area contributed by atoms with Crippen LogP contribution in [0, 0.1) is 5.41 Å². The van der Waals surface area contributed by atoms with Gasteiger partial charge in [0, 0.05) is 31.7 Å². The van der Waals surface area contributed by atoms with Crippen LogP contribution in [0.5, 0.6) is 11.5 Å². The number of ether oxygens (including phenoxy) is 2. The van der Waals surface area contributed by atoms with Crippen LogP contribution in [0.15, 0.2) is 23.1 Å². The second-order valence-electron chi connectivity index (χ2n) is 7.54. The van der Waals surface area contributed by atoms with Gasteiger partial charge in [0.05, 0.1) is 10.3 Å². The maximum absolute atomic E-state index is 13.0. The molecule has 1 aromatic rings. The van der Waals surface area contributed by atoms with Gasteiger partial charge in [-0.3, -0.25) is 4.79 Å². The molecule has 1 amide bonds. The lowest BCUT2D eigenvalue weighted by Crippen LogP contribution is -2.47. The standard InChI is InChI=1S/C18H24N2O5S/c1-13(2)20-10-7-18(17(20)21)5-8-19(9-6-18)26(22,23)14-3-4-15-16(11-14)25-12-24-15/h3-4,11,13H,5-10,12H2,1-2H3. The summed E-state index contributed by atoms with van der Waals surface area (Å²) in [5.74, 6) is 1.21. The highest BCUT2D eigenvalue weighted by atomic mass is 32.2. The molecule has 142 valence electrons. The molecule has 3 heterocycles. The average molecular weight is 380 g/mol. The number of benzene rings is 1. The molecule has 26 heavy (non-hydrogen) atoms. The van der Waals surface area contributed by atoms with E-state index in [0.717, 1.165) is 13.0 Å². The lowest BCUT2D eigenvalue weighted by atomic mass is 9.77. The van der Waals surface area contributed by atoms with Crippen molar-refractivity contribution in [2.45, 2.75) is 44.0 Å². The predicted molar refractivity (Wildman–Crippen MR) is 94.5 cm³/mol. The molecule has 3 aliphatic rings. The first-order chi connectivity index (χ1) is 12.3. The number of nitrogens with zero attached hydrogens (tertiary/aromatic N) is 2. The third kappa shape index (κ3) is 2.66. The second-order valence-corrected chi connectivity index (χ2v) is 9.48. The van der Waals surface area contributed by atoms with Gasteiger partial charge in [-0.25, -0.2) is 8.42 Å². The van der Waals surface area contributed by atoms with Gasteiger partial charge in [-0.15, -0.1) is 0 Å². The minimum atomic E-state index is -3.60. The minimum Gasteiger partial charge on any atom is -0.454 e. The zero-order valence-corrected chi connectivity index (χ0v) is 15.9. The first-order valence-corrected chi connectivity index (χ1v) is 10.5. The Morgan fingerprint density at radius 2 is 1.69 bits per heavy atom. The Bertz CT molecular complexity index is 828. The van der Waals surface area contributed by atoms with E-state index in [4.69, 9.17) is 9.47 Å². The topological polar surface area (TPSA) is 76.2 Å². The molecule has 2 saturated heterocycles. The molecule has 0 atom stereocenters.